The predicted molar refractivity (Wildman–Crippen MR) is 119 cm³/mol. The number of nitrogens with one attached hydrogen (secondary N) is 3. The number of rotatable bonds is 4. The number of aromatic nitrogens is 2. The molecule has 12 heteroatoms. The van der Waals surface area contributed by atoms with Crippen LogP contribution in [0.5, 0.6) is 0 Å². The molecule has 3 fully saturated rings. The third kappa shape index (κ3) is 4.91. The molecule has 2 saturated heterocycles. The number of nitrogen functional groups attached to an aromatic ring is 1. The Hall–Kier alpha value is -2.47. The van der Waals surface area contributed by atoms with Crippen molar-refractivity contribution < 1.29 is 17.9 Å². The van der Waals surface area contributed by atoms with Crippen LogP contribution < -0.4 is 16.0 Å². The monoisotopic (exact) mass is 468 g/mol. The summed E-state index contributed by atoms with van der Waals surface area (Å²) in [5.74, 6) is -0.695. The van der Waals surface area contributed by atoms with Crippen LogP contribution in [0.3, 0.4) is 0 Å². The normalized spacial score (nSPS) is 26.5. The predicted octanol–water partition coefficient (Wildman–Crippen LogP) is 2.29. The van der Waals surface area contributed by atoms with Crippen molar-refractivity contribution in [3.8, 4) is 0 Å². The minimum absolute atomic E-state index is 0.0981. The number of piperidine rings is 1. The molecule has 2 aliphatic heterocycles. The number of ether oxygens (including phenoxy) is 1. The minimum Gasteiger partial charge on any atom is -0.423 e. The van der Waals surface area contributed by atoms with E-state index in [9.17, 15) is 13.2 Å². The standard InChI is InChI=1S/C21H31F3N8O/c1-12-9-20(12)11-31(7-8-32(20)14-3-5-28-6-4-14)19-13(2)29-16(17(26)30-19)18(27)33-15(25)10-21(22,23)24/h12,14,25,27-28H,3-11H2,1-2H3,(H2,26,30). The Morgan fingerprint density at radius 1 is 1.24 bits per heavy atom. The Bertz CT molecular complexity index is 933. The van der Waals surface area contributed by atoms with Gasteiger partial charge in [-0.05, 0) is 45.2 Å². The zero-order valence-corrected chi connectivity index (χ0v) is 18.9. The van der Waals surface area contributed by atoms with Crippen molar-refractivity contribution in [1.82, 2.24) is 20.2 Å². The molecule has 1 aromatic rings. The van der Waals surface area contributed by atoms with Gasteiger partial charge in [-0.1, -0.05) is 6.92 Å². The molecule has 0 aromatic carbocycles. The molecule has 9 nitrogen and oxygen atoms in total. The van der Waals surface area contributed by atoms with E-state index in [2.05, 4.69) is 32.0 Å². The molecule has 1 aliphatic carbocycles. The highest BCUT2D eigenvalue weighted by Gasteiger charge is 2.59. The summed E-state index contributed by atoms with van der Waals surface area (Å²) in [7, 11) is 0. The first kappa shape index (κ1) is 23.7. The Morgan fingerprint density at radius 3 is 2.52 bits per heavy atom. The molecule has 182 valence electrons. The molecule has 3 heterocycles. The number of nitrogens with zero attached hydrogens (tertiary/aromatic N) is 4. The first-order chi connectivity index (χ1) is 15.5. The van der Waals surface area contributed by atoms with E-state index in [1.54, 1.807) is 6.92 Å². The molecule has 0 amide bonds. The third-order valence-electron chi connectivity index (χ3n) is 6.99. The van der Waals surface area contributed by atoms with Crippen molar-refractivity contribution in [2.45, 2.75) is 57.3 Å². The third-order valence-corrected chi connectivity index (χ3v) is 6.99. The summed E-state index contributed by atoms with van der Waals surface area (Å²) in [5.41, 5.74) is 6.50. The number of alkyl halides is 3. The molecule has 0 bridgehead atoms. The number of anilines is 2. The second kappa shape index (κ2) is 8.71. The highest BCUT2D eigenvalue weighted by Crippen LogP contribution is 2.52. The zero-order valence-electron chi connectivity index (χ0n) is 18.9. The second-order valence-corrected chi connectivity index (χ2v) is 9.32. The Morgan fingerprint density at radius 2 is 1.91 bits per heavy atom. The fourth-order valence-electron chi connectivity index (χ4n) is 5.27. The summed E-state index contributed by atoms with van der Waals surface area (Å²) >= 11 is 0. The molecule has 1 spiro atoms. The van der Waals surface area contributed by atoms with Gasteiger partial charge < -0.3 is 20.7 Å². The van der Waals surface area contributed by atoms with Gasteiger partial charge in [0, 0.05) is 31.2 Å². The molecule has 5 N–H and O–H groups in total. The van der Waals surface area contributed by atoms with Crippen molar-refractivity contribution in [3.63, 3.8) is 0 Å². The first-order valence-electron chi connectivity index (χ1n) is 11.3. The van der Waals surface area contributed by atoms with Crippen LogP contribution in [0.4, 0.5) is 24.8 Å². The minimum atomic E-state index is -4.60. The van der Waals surface area contributed by atoms with E-state index in [0.717, 1.165) is 52.0 Å². The smallest absolute Gasteiger partial charge is 0.397 e. The van der Waals surface area contributed by atoms with Gasteiger partial charge in [0.2, 0.25) is 5.90 Å². The van der Waals surface area contributed by atoms with Crippen LogP contribution in [0, 0.1) is 23.7 Å². The van der Waals surface area contributed by atoms with E-state index in [0.29, 0.717) is 23.5 Å². The lowest BCUT2D eigenvalue weighted by Crippen LogP contribution is -2.61. The maximum absolute atomic E-state index is 12.4. The number of hydrogen-bond donors (Lipinski definition) is 4. The van der Waals surface area contributed by atoms with Crippen LogP contribution in [-0.4, -0.2) is 77.1 Å². The number of piperazine rings is 1. The van der Waals surface area contributed by atoms with E-state index in [1.807, 2.05) is 0 Å². The molecule has 0 radical (unpaired) electrons. The van der Waals surface area contributed by atoms with Crippen molar-refractivity contribution in [2.75, 3.05) is 43.4 Å². The van der Waals surface area contributed by atoms with Crippen LogP contribution in [0.15, 0.2) is 0 Å². The van der Waals surface area contributed by atoms with Gasteiger partial charge in [-0.2, -0.15) is 13.2 Å². The number of hydrogen-bond acceptors (Lipinski definition) is 9. The van der Waals surface area contributed by atoms with Crippen LogP contribution in [0.1, 0.15) is 44.0 Å². The molecule has 1 saturated carbocycles. The highest BCUT2D eigenvalue weighted by atomic mass is 19.4. The zero-order chi connectivity index (χ0) is 24.0. The van der Waals surface area contributed by atoms with Gasteiger partial charge in [0.25, 0.3) is 0 Å². The lowest BCUT2D eigenvalue weighted by molar-refractivity contribution is -0.123. The largest absolute Gasteiger partial charge is 0.423 e. The molecule has 33 heavy (non-hydrogen) atoms. The van der Waals surface area contributed by atoms with Crippen molar-refractivity contribution >= 4 is 23.4 Å². The van der Waals surface area contributed by atoms with Crippen molar-refractivity contribution in [1.29, 1.82) is 10.8 Å². The lowest BCUT2D eigenvalue weighted by Gasteiger charge is -2.48. The van der Waals surface area contributed by atoms with E-state index in [-0.39, 0.29) is 17.1 Å². The van der Waals surface area contributed by atoms with Crippen LogP contribution in [0.2, 0.25) is 0 Å². The maximum atomic E-state index is 12.4. The Balaban J connectivity index is 1.48. The number of aryl methyl sites for hydroxylation is 1. The molecule has 2 atom stereocenters. The van der Waals surface area contributed by atoms with Crippen LogP contribution in [-0.2, 0) is 4.74 Å². The first-order valence-corrected chi connectivity index (χ1v) is 11.3. The average molecular weight is 469 g/mol. The SMILES string of the molecule is Cc1nc(C(=N)OC(=N)CC(F)(F)F)c(N)nc1N1CCN(C2CCNCC2)C2(CC2C)C1. The van der Waals surface area contributed by atoms with E-state index in [1.165, 1.54) is 0 Å². The van der Waals surface area contributed by atoms with Gasteiger partial charge in [-0.25, -0.2) is 9.97 Å². The lowest BCUT2D eigenvalue weighted by atomic mass is 9.98. The molecule has 2 unspecified atom stereocenters. The summed E-state index contributed by atoms with van der Waals surface area (Å²) in [6.07, 6.45) is -2.73. The fourth-order valence-corrected chi connectivity index (χ4v) is 5.27. The van der Waals surface area contributed by atoms with E-state index < -0.39 is 24.4 Å². The molecule has 1 aromatic heterocycles. The molecule has 4 rings (SSSR count). The van der Waals surface area contributed by atoms with Gasteiger partial charge in [0.1, 0.15) is 6.42 Å². The van der Waals surface area contributed by atoms with Gasteiger partial charge in [-0.3, -0.25) is 15.7 Å². The number of nitrogens with two attached hydrogens (primary N) is 1. The van der Waals surface area contributed by atoms with Gasteiger partial charge in [0.15, 0.2) is 23.2 Å². The second-order valence-electron chi connectivity index (χ2n) is 9.32. The van der Waals surface area contributed by atoms with E-state index in [4.69, 9.17) is 21.3 Å². The van der Waals surface area contributed by atoms with Crippen molar-refractivity contribution in [2.24, 2.45) is 5.92 Å². The molecule has 3 aliphatic rings. The number of halogens is 3. The quantitative estimate of drug-likeness (QED) is 0.394. The summed E-state index contributed by atoms with van der Waals surface area (Å²) in [5, 5.41) is 18.7. The molecular formula is C21H31F3N8O. The average Bonchev–Trinajstić information content (AvgIpc) is 3.36. The maximum Gasteiger partial charge on any atom is 0.397 e. The Labute approximate surface area is 190 Å². The summed E-state index contributed by atoms with van der Waals surface area (Å²) in [6.45, 7) is 8.63. The Kier molecular flexibility index (Phi) is 6.25. The van der Waals surface area contributed by atoms with Crippen LogP contribution >= 0.6 is 0 Å². The van der Waals surface area contributed by atoms with E-state index >= 15 is 0 Å². The van der Waals surface area contributed by atoms with Gasteiger partial charge in [-0.15, -0.1) is 0 Å². The van der Waals surface area contributed by atoms with Crippen LogP contribution in [0.25, 0.3) is 0 Å². The molecular weight excluding hydrogens is 437 g/mol. The highest BCUT2D eigenvalue weighted by molar-refractivity contribution is 6.00. The van der Waals surface area contributed by atoms with Crippen molar-refractivity contribution in [3.05, 3.63) is 11.4 Å². The van der Waals surface area contributed by atoms with Gasteiger partial charge in [0.05, 0.1) is 5.69 Å². The topological polar surface area (TPSA) is 127 Å². The summed E-state index contributed by atoms with van der Waals surface area (Å²) < 4.78 is 42.1. The summed E-state index contributed by atoms with van der Waals surface area (Å²) in [4.78, 5) is 13.6. The van der Waals surface area contributed by atoms with Gasteiger partial charge >= 0.3 is 6.18 Å². The summed E-state index contributed by atoms with van der Waals surface area (Å²) in [6, 6.07) is 0.586. The fraction of sp³-hybridized carbons (Fsp3) is 0.714.